The summed E-state index contributed by atoms with van der Waals surface area (Å²) >= 11 is 0. The Hall–Kier alpha value is -1.90. The monoisotopic (exact) mass is 200 g/mol. The number of rotatable bonds is 4. The molecule has 76 valence electrons. The van der Waals surface area contributed by atoms with E-state index in [1.165, 1.54) is 10.9 Å². The predicted molar refractivity (Wildman–Crippen MR) is 61.2 cm³/mol. The molecule has 0 atom stereocenters. The minimum absolute atomic E-state index is 0.565. The van der Waals surface area contributed by atoms with Gasteiger partial charge in [0.1, 0.15) is 0 Å². The first-order chi connectivity index (χ1) is 7.42. The highest BCUT2D eigenvalue weighted by Gasteiger charge is 2.00. The largest absolute Gasteiger partial charge is 0.361 e. The first-order valence-corrected chi connectivity index (χ1v) is 4.92. The maximum atomic E-state index is 9.97. The summed E-state index contributed by atoms with van der Waals surface area (Å²) in [6.07, 6.45) is 5.92. The van der Waals surface area contributed by atoms with Gasteiger partial charge < -0.3 is 4.98 Å². The number of aromatic amines is 1. The number of H-pyrrole nitrogens is 1. The molecule has 1 aromatic carbocycles. The molecular formula is C12H12N2O. The van der Waals surface area contributed by atoms with Gasteiger partial charge in [-0.25, -0.2) is 4.99 Å². The quantitative estimate of drug-likeness (QED) is 0.597. The van der Waals surface area contributed by atoms with Gasteiger partial charge in [-0.05, 0) is 24.5 Å². The molecule has 1 amide bonds. The number of aryl methyl sites for hydroxylation is 1. The van der Waals surface area contributed by atoms with Gasteiger partial charge in [0.2, 0.25) is 6.41 Å². The standard InChI is InChI=1S/C12H12N2O/c15-9-13-7-3-4-10-8-14-12-6-2-1-5-11(10)12/h1-2,5-9,14H,3-4H2. The molecule has 3 heteroatoms. The van der Waals surface area contributed by atoms with Gasteiger partial charge in [0.05, 0.1) is 0 Å². The van der Waals surface area contributed by atoms with Crippen molar-refractivity contribution in [3.8, 4) is 0 Å². The molecule has 1 aromatic heterocycles. The molecule has 3 nitrogen and oxygen atoms in total. The van der Waals surface area contributed by atoms with E-state index in [2.05, 4.69) is 22.1 Å². The van der Waals surface area contributed by atoms with E-state index in [0.29, 0.717) is 6.41 Å². The van der Waals surface area contributed by atoms with Crippen LogP contribution in [0.1, 0.15) is 12.0 Å². The summed E-state index contributed by atoms with van der Waals surface area (Å²) in [5.41, 5.74) is 2.42. The third kappa shape index (κ3) is 2.13. The van der Waals surface area contributed by atoms with Gasteiger partial charge in [0, 0.05) is 23.3 Å². The predicted octanol–water partition coefficient (Wildman–Crippen LogP) is 2.33. The molecule has 0 aliphatic heterocycles. The van der Waals surface area contributed by atoms with Crippen molar-refractivity contribution < 1.29 is 4.79 Å². The summed E-state index contributed by atoms with van der Waals surface area (Å²) in [6, 6.07) is 8.19. The highest BCUT2D eigenvalue weighted by atomic mass is 16.1. The Labute approximate surface area is 87.8 Å². The van der Waals surface area contributed by atoms with Gasteiger partial charge in [0.15, 0.2) is 0 Å². The number of carbonyl (C=O) groups is 1. The third-order valence-electron chi connectivity index (χ3n) is 2.38. The van der Waals surface area contributed by atoms with Gasteiger partial charge in [-0.1, -0.05) is 18.2 Å². The molecule has 0 aliphatic carbocycles. The number of aliphatic imine (C=N–C) groups is 1. The van der Waals surface area contributed by atoms with E-state index in [-0.39, 0.29) is 0 Å². The van der Waals surface area contributed by atoms with Crippen molar-refractivity contribution in [2.45, 2.75) is 12.8 Å². The number of carbonyl (C=O) groups excluding carboxylic acids is 1. The number of para-hydroxylation sites is 1. The fourth-order valence-corrected chi connectivity index (χ4v) is 1.68. The van der Waals surface area contributed by atoms with Crippen molar-refractivity contribution >= 4 is 23.5 Å². The molecule has 0 aliphatic rings. The van der Waals surface area contributed by atoms with Crippen LogP contribution in [-0.4, -0.2) is 17.6 Å². The summed E-state index contributed by atoms with van der Waals surface area (Å²) in [7, 11) is 0. The zero-order chi connectivity index (χ0) is 10.5. The summed E-state index contributed by atoms with van der Waals surface area (Å²) < 4.78 is 0. The molecule has 2 aromatic rings. The van der Waals surface area contributed by atoms with Crippen molar-refractivity contribution in [3.63, 3.8) is 0 Å². The molecule has 0 fully saturated rings. The zero-order valence-electron chi connectivity index (χ0n) is 8.31. The van der Waals surface area contributed by atoms with Gasteiger partial charge in [-0.2, -0.15) is 0 Å². The van der Waals surface area contributed by atoms with Gasteiger partial charge in [-0.15, -0.1) is 0 Å². The Morgan fingerprint density at radius 1 is 1.33 bits per heavy atom. The van der Waals surface area contributed by atoms with E-state index >= 15 is 0 Å². The first kappa shape index (κ1) is 9.65. The highest BCUT2D eigenvalue weighted by Crippen LogP contribution is 2.18. The molecule has 2 rings (SSSR count). The fraction of sp³-hybridized carbons (Fsp3) is 0.167. The molecule has 0 radical (unpaired) electrons. The van der Waals surface area contributed by atoms with E-state index in [4.69, 9.17) is 0 Å². The van der Waals surface area contributed by atoms with Crippen molar-refractivity contribution in [3.05, 3.63) is 36.0 Å². The highest BCUT2D eigenvalue weighted by molar-refractivity contribution is 5.83. The van der Waals surface area contributed by atoms with Crippen LogP contribution in [0.25, 0.3) is 10.9 Å². The Morgan fingerprint density at radius 3 is 3.07 bits per heavy atom. The Balaban J connectivity index is 2.14. The molecule has 0 saturated carbocycles. The van der Waals surface area contributed by atoms with Crippen LogP contribution in [-0.2, 0) is 11.2 Å². The summed E-state index contributed by atoms with van der Waals surface area (Å²) in [4.78, 5) is 16.7. The number of hydrogen-bond donors (Lipinski definition) is 1. The molecule has 0 unspecified atom stereocenters. The second kappa shape index (κ2) is 4.55. The van der Waals surface area contributed by atoms with Crippen LogP contribution in [0.3, 0.4) is 0 Å². The van der Waals surface area contributed by atoms with Crippen LogP contribution < -0.4 is 0 Å². The van der Waals surface area contributed by atoms with Crippen LogP contribution >= 0.6 is 0 Å². The minimum atomic E-state index is 0.565. The van der Waals surface area contributed by atoms with E-state index < -0.39 is 0 Å². The van der Waals surface area contributed by atoms with Crippen LogP contribution in [0, 0.1) is 0 Å². The zero-order valence-corrected chi connectivity index (χ0v) is 8.31. The number of aromatic nitrogens is 1. The number of benzene rings is 1. The summed E-state index contributed by atoms with van der Waals surface area (Å²) in [5, 5.41) is 1.25. The van der Waals surface area contributed by atoms with E-state index in [0.717, 1.165) is 18.4 Å². The Morgan fingerprint density at radius 2 is 2.20 bits per heavy atom. The van der Waals surface area contributed by atoms with Crippen LogP contribution in [0.4, 0.5) is 0 Å². The minimum Gasteiger partial charge on any atom is -0.361 e. The first-order valence-electron chi connectivity index (χ1n) is 4.92. The number of nitrogens with one attached hydrogen (secondary N) is 1. The van der Waals surface area contributed by atoms with E-state index in [1.807, 2.05) is 18.3 Å². The number of hydrogen-bond acceptors (Lipinski definition) is 1. The average Bonchev–Trinajstić information content (AvgIpc) is 2.68. The van der Waals surface area contributed by atoms with E-state index in [1.54, 1.807) is 6.21 Å². The second-order valence-corrected chi connectivity index (χ2v) is 3.34. The third-order valence-corrected chi connectivity index (χ3v) is 2.38. The molecular weight excluding hydrogens is 188 g/mol. The van der Waals surface area contributed by atoms with Crippen LogP contribution in [0.2, 0.25) is 0 Å². The SMILES string of the molecule is O=CN=CCCc1c[nH]c2ccccc12. The maximum absolute atomic E-state index is 9.97. The van der Waals surface area contributed by atoms with Crippen LogP contribution in [0.5, 0.6) is 0 Å². The normalized spacial score (nSPS) is 11.2. The van der Waals surface area contributed by atoms with Gasteiger partial charge in [0.25, 0.3) is 0 Å². The number of amides is 1. The fourth-order valence-electron chi connectivity index (χ4n) is 1.68. The Kier molecular flexibility index (Phi) is 2.93. The Bertz CT molecular complexity index is 485. The topological polar surface area (TPSA) is 45.2 Å². The van der Waals surface area contributed by atoms with Gasteiger partial charge >= 0.3 is 0 Å². The molecule has 15 heavy (non-hydrogen) atoms. The molecule has 0 saturated heterocycles. The summed E-state index contributed by atoms with van der Waals surface area (Å²) in [5.74, 6) is 0. The lowest BCUT2D eigenvalue weighted by molar-refractivity contribution is -0.106. The second-order valence-electron chi connectivity index (χ2n) is 3.34. The molecule has 0 spiro atoms. The smallest absolute Gasteiger partial charge is 0.232 e. The maximum Gasteiger partial charge on any atom is 0.232 e. The molecule has 1 N–H and O–H groups in total. The van der Waals surface area contributed by atoms with Crippen molar-refractivity contribution in [1.29, 1.82) is 0 Å². The van der Waals surface area contributed by atoms with Gasteiger partial charge in [-0.3, -0.25) is 4.79 Å². The number of nitrogens with zero attached hydrogens (tertiary/aromatic N) is 1. The number of fused-ring (bicyclic) bond motifs is 1. The lowest BCUT2D eigenvalue weighted by Crippen LogP contribution is -1.84. The van der Waals surface area contributed by atoms with Crippen molar-refractivity contribution in [2.24, 2.45) is 4.99 Å². The molecule has 0 bridgehead atoms. The van der Waals surface area contributed by atoms with Crippen LogP contribution in [0.15, 0.2) is 35.5 Å². The summed E-state index contributed by atoms with van der Waals surface area (Å²) in [6.45, 7) is 0. The average molecular weight is 200 g/mol. The lowest BCUT2D eigenvalue weighted by atomic mass is 10.1. The van der Waals surface area contributed by atoms with E-state index in [9.17, 15) is 4.79 Å². The van der Waals surface area contributed by atoms with Crippen molar-refractivity contribution in [1.82, 2.24) is 4.98 Å². The lowest BCUT2D eigenvalue weighted by Gasteiger charge is -1.94. The van der Waals surface area contributed by atoms with Crippen molar-refractivity contribution in [2.75, 3.05) is 0 Å². The molecule has 1 heterocycles.